The molecule has 3 rings (SSSR count). The Labute approximate surface area is 178 Å². The average molecular weight is 412 g/mol. The van der Waals surface area contributed by atoms with Gasteiger partial charge in [0.2, 0.25) is 0 Å². The van der Waals surface area contributed by atoms with Gasteiger partial charge in [-0.2, -0.15) is 10.2 Å². The Morgan fingerprint density at radius 1 is 0.897 bits per heavy atom. The average Bonchev–Trinajstić information content (AvgIpc) is 3.34. The van der Waals surface area contributed by atoms with Crippen molar-refractivity contribution in [2.24, 2.45) is 0 Å². The predicted octanol–water partition coefficient (Wildman–Crippen LogP) is 4.65. The van der Waals surface area contributed by atoms with Gasteiger partial charge in [0, 0.05) is 32.1 Å². The van der Waals surface area contributed by atoms with Crippen LogP contribution < -0.4 is 4.74 Å². The molecular weight excluding hydrogens is 382 g/mol. The molecule has 1 aromatic carbocycles. The summed E-state index contributed by atoms with van der Waals surface area (Å²) in [5.74, 6) is 1.38. The number of benzene rings is 1. The minimum Gasteiger partial charge on any atom is -0.431 e. The zero-order valence-corrected chi connectivity index (χ0v) is 18.7. The minimum atomic E-state index is -0.281. The molecule has 2 aromatic heterocycles. The van der Waals surface area contributed by atoms with Gasteiger partial charge in [-0.15, -0.1) is 0 Å². The molecule has 0 unspecified atom stereocenters. The molecular formula is C22H29N5OS. The summed E-state index contributed by atoms with van der Waals surface area (Å²) in [6.45, 7) is 8.55. The summed E-state index contributed by atoms with van der Waals surface area (Å²) in [5, 5.41) is 10.1. The van der Waals surface area contributed by atoms with Crippen LogP contribution >= 0.6 is 12.2 Å². The first kappa shape index (κ1) is 21.0. The van der Waals surface area contributed by atoms with Gasteiger partial charge in [0.15, 0.2) is 6.17 Å². The van der Waals surface area contributed by atoms with Crippen LogP contribution in [0.15, 0.2) is 48.8 Å². The molecule has 3 aromatic rings. The zero-order valence-electron chi connectivity index (χ0n) is 17.9. The van der Waals surface area contributed by atoms with E-state index in [1.54, 1.807) is 4.90 Å². The van der Waals surface area contributed by atoms with Gasteiger partial charge in [-0.05, 0) is 42.3 Å². The summed E-state index contributed by atoms with van der Waals surface area (Å²) in [4.78, 5) is 1.77. The third kappa shape index (κ3) is 4.67. The van der Waals surface area contributed by atoms with Crippen molar-refractivity contribution in [3.05, 3.63) is 65.7 Å². The molecule has 0 bridgehead atoms. The molecule has 0 amide bonds. The molecule has 154 valence electrons. The van der Waals surface area contributed by atoms with E-state index < -0.39 is 0 Å². The topological polar surface area (TPSA) is 48.1 Å². The van der Waals surface area contributed by atoms with E-state index in [1.807, 2.05) is 60.1 Å². The molecule has 0 aliphatic carbocycles. The molecule has 0 aliphatic heterocycles. The first-order valence-electron chi connectivity index (χ1n) is 9.86. The van der Waals surface area contributed by atoms with Crippen LogP contribution in [0.1, 0.15) is 62.6 Å². The smallest absolute Gasteiger partial charge is 0.264 e. The summed E-state index contributed by atoms with van der Waals surface area (Å²) in [7, 11) is 3.74. The normalized spacial score (nSPS) is 11.5. The number of hydrogen-bond donors (Lipinski definition) is 0. The molecule has 0 aliphatic rings. The van der Waals surface area contributed by atoms with Crippen molar-refractivity contribution in [2.75, 3.05) is 14.1 Å². The zero-order chi connectivity index (χ0) is 21.1. The van der Waals surface area contributed by atoms with Crippen molar-refractivity contribution < 1.29 is 4.74 Å². The molecule has 0 atom stereocenters. The molecule has 0 N–H and O–H groups in total. The second-order valence-electron chi connectivity index (χ2n) is 7.92. The number of para-hydroxylation sites is 1. The van der Waals surface area contributed by atoms with Gasteiger partial charge >= 0.3 is 0 Å². The molecule has 0 saturated carbocycles. The molecule has 0 saturated heterocycles. The number of thiocarbonyl (C=S) groups is 1. The highest BCUT2D eigenvalue weighted by atomic mass is 32.1. The van der Waals surface area contributed by atoms with E-state index in [1.165, 1.54) is 0 Å². The lowest BCUT2D eigenvalue weighted by molar-refractivity contribution is 0.389. The Balaban J connectivity index is 2.11. The molecule has 29 heavy (non-hydrogen) atoms. The maximum Gasteiger partial charge on any atom is 0.264 e. The summed E-state index contributed by atoms with van der Waals surface area (Å²) >= 11 is 5.38. The van der Waals surface area contributed by atoms with E-state index >= 15 is 0 Å². The van der Waals surface area contributed by atoms with Gasteiger partial charge < -0.3 is 9.64 Å². The van der Waals surface area contributed by atoms with Crippen molar-refractivity contribution >= 4 is 17.4 Å². The molecule has 6 nitrogen and oxygen atoms in total. The number of hydrogen-bond acceptors (Lipinski definition) is 4. The number of nitrogens with zero attached hydrogens (tertiary/aromatic N) is 5. The van der Waals surface area contributed by atoms with E-state index in [0.717, 1.165) is 17.0 Å². The second-order valence-corrected chi connectivity index (χ2v) is 8.27. The molecule has 2 heterocycles. The number of rotatable bonds is 6. The van der Waals surface area contributed by atoms with Crippen molar-refractivity contribution in [3.8, 4) is 5.75 Å². The Bertz CT molecular complexity index is 927. The molecule has 7 heteroatoms. The van der Waals surface area contributed by atoms with Crippen molar-refractivity contribution in [1.29, 1.82) is 0 Å². The summed E-state index contributed by atoms with van der Waals surface area (Å²) in [6.07, 6.45) is 3.71. The summed E-state index contributed by atoms with van der Waals surface area (Å²) < 4.78 is 9.89. The van der Waals surface area contributed by atoms with Gasteiger partial charge in [-0.3, -0.25) is 0 Å². The third-order valence-corrected chi connectivity index (χ3v) is 5.15. The van der Waals surface area contributed by atoms with Gasteiger partial charge in [0.25, 0.3) is 5.17 Å². The van der Waals surface area contributed by atoms with Crippen LogP contribution in [0.2, 0.25) is 0 Å². The van der Waals surface area contributed by atoms with Crippen molar-refractivity contribution in [3.63, 3.8) is 0 Å². The lowest BCUT2D eigenvalue weighted by Gasteiger charge is -2.23. The lowest BCUT2D eigenvalue weighted by Crippen LogP contribution is -2.27. The van der Waals surface area contributed by atoms with E-state index in [4.69, 9.17) is 27.2 Å². The molecule has 0 radical (unpaired) electrons. The Morgan fingerprint density at radius 2 is 1.41 bits per heavy atom. The van der Waals surface area contributed by atoms with Crippen molar-refractivity contribution in [1.82, 2.24) is 24.5 Å². The van der Waals surface area contributed by atoms with E-state index in [2.05, 4.69) is 39.8 Å². The maximum atomic E-state index is 6.01. The van der Waals surface area contributed by atoms with Crippen LogP contribution in [0.5, 0.6) is 5.75 Å². The van der Waals surface area contributed by atoms with Crippen LogP contribution in [-0.4, -0.2) is 43.7 Å². The molecule has 0 spiro atoms. The van der Waals surface area contributed by atoms with E-state index in [9.17, 15) is 0 Å². The fourth-order valence-electron chi connectivity index (χ4n) is 2.97. The number of ether oxygens (including phenoxy) is 1. The van der Waals surface area contributed by atoms with E-state index in [-0.39, 0.29) is 6.17 Å². The van der Waals surface area contributed by atoms with Crippen LogP contribution in [-0.2, 0) is 0 Å². The van der Waals surface area contributed by atoms with Crippen molar-refractivity contribution in [2.45, 2.75) is 45.7 Å². The van der Waals surface area contributed by atoms with Gasteiger partial charge in [-0.25, -0.2) is 9.36 Å². The summed E-state index contributed by atoms with van der Waals surface area (Å²) in [5.41, 5.74) is 3.01. The Kier molecular flexibility index (Phi) is 6.37. The highest BCUT2D eigenvalue weighted by Crippen LogP contribution is 2.30. The molecule has 0 fully saturated rings. The fourth-order valence-corrected chi connectivity index (χ4v) is 3.06. The third-order valence-electron chi connectivity index (χ3n) is 4.70. The monoisotopic (exact) mass is 411 g/mol. The lowest BCUT2D eigenvalue weighted by atomic mass is 10.1. The van der Waals surface area contributed by atoms with Gasteiger partial charge in [-0.1, -0.05) is 45.9 Å². The fraction of sp³-hybridized carbons (Fsp3) is 0.409. The SMILES string of the molecule is CC(C)c1ccn(C(c2ccccc2OC(=S)N(C)C)n2ccc(C(C)C)n2)n1. The Hall–Kier alpha value is -2.67. The first-order chi connectivity index (χ1) is 13.8. The highest BCUT2D eigenvalue weighted by Gasteiger charge is 2.24. The van der Waals surface area contributed by atoms with Gasteiger partial charge in [0.1, 0.15) is 5.75 Å². The second kappa shape index (κ2) is 8.78. The quantitative estimate of drug-likeness (QED) is 0.553. The van der Waals surface area contributed by atoms with Crippen LogP contribution in [0.25, 0.3) is 0 Å². The first-order valence-corrected chi connectivity index (χ1v) is 10.3. The largest absolute Gasteiger partial charge is 0.431 e. The van der Waals surface area contributed by atoms with Crippen LogP contribution in [0, 0.1) is 0 Å². The number of aromatic nitrogens is 4. The predicted molar refractivity (Wildman–Crippen MR) is 120 cm³/mol. The van der Waals surface area contributed by atoms with Crippen LogP contribution in [0.3, 0.4) is 0 Å². The van der Waals surface area contributed by atoms with Gasteiger partial charge in [0.05, 0.1) is 11.4 Å². The van der Waals surface area contributed by atoms with Crippen LogP contribution in [0.4, 0.5) is 0 Å². The summed E-state index contributed by atoms with van der Waals surface area (Å²) in [6, 6.07) is 12.0. The highest BCUT2D eigenvalue weighted by molar-refractivity contribution is 7.80. The minimum absolute atomic E-state index is 0.281. The Morgan fingerprint density at radius 3 is 1.86 bits per heavy atom. The standard InChI is InChI=1S/C22H29N5OS/c1-15(2)18-11-13-26(23-18)21(27-14-12-19(24-27)16(3)4)17-9-7-8-10-20(17)28-22(29)25(5)6/h7-16,21H,1-6H3. The maximum absolute atomic E-state index is 6.01. The van der Waals surface area contributed by atoms with E-state index in [0.29, 0.717) is 22.8 Å².